The Hall–Kier alpha value is -4.60. The second-order valence-corrected chi connectivity index (χ2v) is 7.35. The molecule has 0 saturated heterocycles. The number of amides is 1. The average Bonchev–Trinajstić information content (AvgIpc) is 3.41. The Kier molecular flexibility index (Phi) is 5.02. The number of aryl methyl sites for hydroxylation is 1. The van der Waals surface area contributed by atoms with E-state index in [0.29, 0.717) is 16.8 Å². The maximum absolute atomic E-state index is 13.2. The molecule has 0 aliphatic carbocycles. The minimum Gasteiger partial charge on any atom is -0.333 e. The molecule has 3 heterocycles. The normalized spacial score (nSPS) is 11.1. The van der Waals surface area contributed by atoms with Crippen molar-refractivity contribution in [3.05, 3.63) is 88.7 Å². The largest absolute Gasteiger partial charge is 0.350 e. The van der Waals surface area contributed by atoms with Crippen LogP contribution >= 0.6 is 0 Å². The molecule has 0 fully saturated rings. The highest BCUT2D eigenvalue weighted by Crippen LogP contribution is 2.24. The van der Waals surface area contributed by atoms with Crippen LogP contribution in [0.2, 0.25) is 0 Å². The van der Waals surface area contributed by atoms with Gasteiger partial charge in [0.2, 0.25) is 11.7 Å². The Morgan fingerprint density at radius 3 is 2.67 bits per heavy atom. The minimum atomic E-state index is -0.481. The Labute approximate surface area is 186 Å². The lowest BCUT2D eigenvalue weighted by Gasteiger charge is -2.07. The summed E-state index contributed by atoms with van der Waals surface area (Å²) < 4.78 is 20.9. The third-order valence-corrected chi connectivity index (χ3v) is 5.08. The quantitative estimate of drug-likeness (QED) is 0.446. The van der Waals surface area contributed by atoms with Crippen molar-refractivity contribution < 1.29 is 13.7 Å². The fraction of sp³-hybridized carbons (Fsp3) is 0.0870. The van der Waals surface area contributed by atoms with Crippen LogP contribution in [-0.2, 0) is 11.3 Å². The lowest BCUT2D eigenvalue weighted by Crippen LogP contribution is -2.28. The van der Waals surface area contributed by atoms with Crippen molar-refractivity contribution in [1.82, 2.24) is 24.3 Å². The number of para-hydroxylation sites is 1. The topological polar surface area (TPSA) is 107 Å². The molecule has 9 nitrogen and oxygen atoms in total. The maximum Gasteiger partial charge on any atom is 0.350 e. The van der Waals surface area contributed by atoms with Gasteiger partial charge in [-0.05, 0) is 55.0 Å². The summed E-state index contributed by atoms with van der Waals surface area (Å²) in [6.07, 6.45) is 1.54. The SMILES string of the molecule is Cc1ccccc1NC(=O)Cn1nc2c(-c3nc(-c4ccc(F)cc4)no3)cccn2c1=O. The summed E-state index contributed by atoms with van der Waals surface area (Å²) in [5.41, 5.74) is 2.36. The third-order valence-electron chi connectivity index (χ3n) is 5.08. The molecule has 0 saturated carbocycles. The first kappa shape index (κ1) is 20.3. The first-order valence-electron chi connectivity index (χ1n) is 10.0. The fourth-order valence-electron chi connectivity index (χ4n) is 3.40. The molecule has 0 spiro atoms. The zero-order valence-corrected chi connectivity index (χ0v) is 17.4. The van der Waals surface area contributed by atoms with E-state index in [9.17, 15) is 14.0 Å². The Morgan fingerprint density at radius 1 is 1.09 bits per heavy atom. The summed E-state index contributed by atoms with van der Waals surface area (Å²) in [6, 6.07) is 16.4. The van der Waals surface area contributed by atoms with Crippen molar-refractivity contribution >= 4 is 17.2 Å². The van der Waals surface area contributed by atoms with Crippen LogP contribution in [0.1, 0.15) is 5.56 Å². The van der Waals surface area contributed by atoms with Gasteiger partial charge in [0.1, 0.15) is 12.4 Å². The van der Waals surface area contributed by atoms with Gasteiger partial charge in [-0.2, -0.15) is 4.98 Å². The fourth-order valence-corrected chi connectivity index (χ4v) is 3.40. The Balaban J connectivity index is 1.46. The van der Waals surface area contributed by atoms with E-state index in [1.165, 1.54) is 28.7 Å². The average molecular weight is 444 g/mol. The minimum absolute atomic E-state index is 0.140. The van der Waals surface area contributed by atoms with Gasteiger partial charge in [0.15, 0.2) is 5.65 Å². The molecule has 0 unspecified atom stereocenters. The van der Waals surface area contributed by atoms with Gasteiger partial charge in [0.25, 0.3) is 5.89 Å². The summed E-state index contributed by atoms with van der Waals surface area (Å²) in [5, 5.41) is 11.0. The van der Waals surface area contributed by atoms with Crippen molar-refractivity contribution in [1.29, 1.82) is 0 Å². The molecule has 0 radical (unpaired) electrons. The van der Waals surface area contributed by atoms with Gasteiger partial charge >= 0.3 is 5.69 Å². The molecule has 3 aromatic heterocycles. The second kappa shape index (κ2) is 8.15. The number of hydrogen-bond acceptors (Lipinski definition) is 6. The van der Waals surface area contributed by atoms with Crippen molar-refractivity contribution in [3.8, 4) is 22.8 Å². The number of anilines is 1. The van der Waals surface area contributed by atoms with E-state index in [4.69, 9.17) is 4.52 Å². The highest BCUT2D eigenvalue weighted by molar-refractivity contribution is 5.91. The molecule has 5 rings (SSSR count). The predicted molar refractivity (Wildman–Crippen MR) is 118 cm³/mol. The van der Waals surface area contributed by atoms with E-state index in [1.807, 2.05) is 25.1 Å². The van der Waals surface area contributed by atoms with Gasteiger partial charge < -0.3 is 9.84 Å². The molecule has 33 heavy (non-hydrogen) atoms. The molecule has 2 aromatic carbocycles. The van der Waals surface area contributed by atoms with Crippen molar-refractivity contribution in [2.45, 2.75) is 13.5 Å². The lowest BCUT2D eigenvalue weighted by atomic mass is 10.2. The summed E-state index contributed by atoms with van der Waals surface area (Å²) in [6.45, 7) is 1.61. The number of rotatable bonds is 5. The highest BCUT2D eigenvalue weighted by atomic mass is 19.1. The Bertz CT molecular complexity index is 1530. The van der Waals surface area contributed by atoms with Crippen molar-refractivity contribution in [3.63, 3.8) is 0 Å². The number of halogens is 1. The van der Waals surface area contributed by atoms with Crippen LogP contribution in [0.5, 0.6) is 0 Å². The first-order valence-corrected chi connectivity index (χ1v) is 10.0. The molecule has 0 aliphatic heterocycles. The van der Waals surface area contributed by atoms with E-state index in [2.05, 4.69) is 20.6 Å². The molecule has 0 aliphatic rings. The number of carbonyl (C=O) groups excluding carboxylic acids is 1. The molecular formula is C23H17FN6O3. The number of carbonyl (C=O) groups is 1. The van der Waals surface area contributed by atoms with E-state index in [0.717, 1.165) is 10.2 Å². The molecule has 5 aromatic rings. The predicted octanol–water partition coefficient (Wildman–Crippen LogP) is 3.30. The van der Waals surface area contributed by atoms with Gasteiger partial charge in [-0.3, -0.25) is 4.79 Å². The summed E-state index contributed by atoms with van der Waals surface area (Å²) in [4.78, 5) is 29.7. The van der Waals surface area contributed by atoms with Crippen molar-refractivity contribution in [2.75, 3.05) is 5.32 Å². The summed E-state index contributed by atoms with van der Waals surface area (Å²) in [5.74, 6) is -0.343. The molecule has 164 valence electrons. The molecule has 0 bridgehead atoms. The van der Waals surface area contributed by atoms with Crippen molar-refractivity contribution in [2.24, 2.45) is 0 Å². The molecule has 10 heteroatoms. The van der Waals surface area contributed by atoms with Crippen LogP contribution in [0.25, 0.3) is 28.5 Å². The second-order valence-electron chi connectivity index (χ2n) is 7.35. The van der Waals surface area contributed by atoms with Gasteiger partial charge in [-0.15, -0.1) is 5.10 Å². The zero-order chi connectivity index (χ0) is 22.9. The van der Waals surface area contributed by atoms with Gasteiger partial charge in [0, 0.05) is 17.4 Å². The van der Waals surface area contributed by atoms with Crippen LogP contribution in [0, 0.1) is 12.7 Å². The number of aromatic nitrogens is 5. The standard InChI is InChI=1S/C23H17FN6O3/c1-14-5-2-3-7-18(14)25-19(31)13-30-23(32)29-12-4-6-17(21(29)27-30)22-26-20(28-33-22)15-8-10-16(24)11-9-15/h2-12H,13H2,1H3,(H,25,31). The number of nitrogens with one attached hydrogen (secondary N) is 1. The van der Waals surface area contributed by atoms with E-state index in [-0.39, 0.29) is 35.6 Å². The van der Waals surface area contributed by atoms with Gasteiger partial charge in [0.05, 0.1) is 5.56 Å². The lowest BCUT2D eigenvalue weighted by molar-refractivity contribution is -0.117. The molecular weight excluding hydrogens is 427 g/mol. The molecule has 1 N–H and O–H groups in total. The highest BCUT2D eigenvalue weighted by Gasteiger charge is 2.19. The summed E-state index contributed by atoms with van der Waals surface area (Å²) >= 11 is 0. The summed E-state index contributed by atoms with van der Waals surface area (Å²) in [7, 11) is 0. The van der Waals surface area contributed by atoms with Crippen LogP contribution in [0.4, 0.5) is 10.1 Å². The number of pyridine rings is 1. The van der Waals surface area contributed by atoms with E-state index < -0.39 is 5.69 Å². The van der Waals surface area contributed by atoms with E-state index >= 15 is 0 Å². The smallest absolute Gasteiger partial charge is 0.333 e. The zero-order valence-electron chi connectivity index (χ0n) is 17.4. The maximum atomic E-state index is 13.2. The number of nitrogens with zero attached hydrogens (tertiary/aromatic N) is 5. The number of benzene rings is 2. The Morgan fingerprint density at radius 2 is 1.88 bits per heavy atom. The van der Waals surface area contributed by atoms with Crippen LogP contribution in [0.15, 0.2) is 76.2 Å². The monoisotopic (exact) mass is 444 g/mol. The van der Waals surface area contributed by atoms with Gasteiger partial charge in [-0.1, -0.05) is 23.4 Å². The van der Waals surface area contributed by atoms with Crippen LogP contribution in [0.3, 0.4) is 0 Å². The number of fused-ring (bicyclic) bond motifs is 1. The van der Waals surface area contributed by atoms with Crippen LogP contribution < -0.4 is 11.0 Å². The third kappa shape index (κ3) is 3.89. The number of hydrogen-bond donors (Lipinski definition) is 1. The molecule has 0 atom stereocenters. The first-order chi connectivity index (χ1) is 16.0. The van der Waals surface area contributed by atoms with Gasteiger partial charge in [-0.25, -0.2) is 18.3 Å². The van der Waals surface area contributed by atoms with Crippen LogP contribution in [-0.4, -0.2) is 30.2 Å². The molecule has 1 amide bonds. The van der Waals surface area contributed by atoms with E-state index in [1.54, 1.807) is 24.4 Å².